The van der Waals surface area contributed by atoms with E-state index >= 15 is 0 Å². The van der Waals surface area contributed by atoms with Crippen LogP contribution in [0.4, 0.5) is 4.39 Å². The van der Waals surface area contributed by atoms with Gasteiger partial charge in [-0.2, -0.15) is 0 Å². The van der Waals surface area contributed by atoms with E-state index in [2.05, 4.69) is 27.0 Å². The second-order valence-corrected chi connectivity index (χ2v) is 9.82. The van der Waals surface area contributed by atoms with Gasteiger partial charge in [0.2, 0.25) is 5.91 Å². The second kappa shape index (κ2) is 8.77. The van der Waals surface area contributed by atoms with Gasteiger partial charge in [-0.15, -0.1) is 0 Å². The quantitative estimate of drug-likeness (QED) is 0.588. The van der Waals surface area contributed by atoms with Gasteiger partial charge in [0.25, 0.3) is 0 Å². The molecule has 1 aromatic carbocycles. The Morgan fingerprint density at radius 1 is 1.23 bits per heavy atom. The van der Waals surface area contributed by atoms with E-state index in [-0.39, 0.29) is 23.9 Å². The molecule has 2 aromatic heterocycles. The highest BCUT2D eigenvalue weighted by Crippen LogP contribution is 2.40. The molecule has 2 unspecified atom stereocenters. The molecule has 2 atom stereocenters. The van der Waals surface area contributed by atoms with E-state index in [1.807, 2.05) is 6.07 Å². The van der Waals surface area contributed by atoms with Crippen molar-refractivity contribution in [1.82, 2.24) is 19.8 Å². The SMILES string of the molecule is COc1ccc(F)cc1-c1ccnc2[nH]c(C3=CC4CCCC(C3)N4CC(=O)N3CC(O)C3)cc12. The molecule has 0 aliphatic carbocycles. The lowest BCUT2D eigenvalue weighted by Crippen LogP contribution is -2.58. The largest absolute Gasteiger partial charge is 0.496 e. The summed E-state index contributed by atoms with van der Waals surface area (Å²) in [6, 6.07) is 9.06. The third-order valence-corrected chi connectivity index (χ3v) is 7.64. The van der Waals surface area contributed by atoms with Gasteiger partial charge in [-0.25, -0.2) is 9.37 Å². The van der Waals surface area contributed by atoms with E-state index < -0.39 is 0 Å². The first-order valence-electron chi connectivity index (χ1n) is 12.2. The summed E-state index contributed by atoms with van der Waals surface area (Å²) in [5.74, 6) is 0.405. The number of aromatic nitrogens is 2. The summed E-state index contributed by atoms with van der Waals surface area (Å²) < 4.78 is 19.6. The number of β-amino-alcohol motifs (C(OH)–C–C–N with tert-alkyl or cyclic N) is 1. The highest BCUT2D eigenvalue weighted by molar-refractivity contribution is 5.96. The molecule has 2 fully saturated rings. The molecule has 3 aliphatic heterocycles. The Hall–Kier alpha value is -3.23. The van der Waals surface area contributed by atoms with Gasteiger partial charge in [0.05, 0.1) is 19.8 Å². The number of benzene rings is 1. The fraction of sp³-hybridized carbons (Fsp3) is 0.407. The number of hydrogen-bond donors (Lipinski definition) is 2. The maximum absolute atomic E-state index is 14.1. The van der Waals surface area contributed by atoms with Crippen LogP contribution < -0.4 is 4.74 Å². The zero-order valence-corrected chi connectivity index (χ0v) is 19.7. The lowest BCUT2D eigenvalue weighted by atomic mass is 9.84. The monoisotopic (exact) mass is 476 g/mol. The van der Waals surface area contributed by atoms with E-state index in [0.717, 1.165) is 48.0 Å². The molecule has 3 aromatic rings. The Labute approximate surface area is 203 Å². The summed E-state index contributed by atoms with van der Waals surface area (Å²) in [6.45, 7) is 1.30. The van der Waals surface area contributed by atoms with Crippen molar-refractivity contribution in [3.63, 3.8) is 0 Å². The number of aromatic amines is 1. The Bertz CT molecular complexity index is 1310. The zero-order chi connectivity index (χ0) is 24.1. The number of carbonyl (C=O) groups excluding carboxylic acids is 1. The number of amides is 1. The van der Waals surface area contributed by atoms with E-state index in [4.69, 9.17) is 4.74 Å². The summed E-state index contributed by atoms with van der Waals surface area (Å²) >= 11 is 0. The second-order valence-electron chi connectivity index (χ2n) is 9.82. The number of piperidine rings is 1. The predicted octanol–water partition coefficient (Wildman–Crippen LogP) is 3.59. The maximum atomic E-state index is 14.1. The molecule has 7 nitrogen and oxygen atoms in total. The normalized spacial score (nSPS) is 22.7. The number of likely N-dealkylation sites (tertiary alicyclic amines) is 1. The van der Waals surface area contributed by atoms with Crippen molar-refractivity contribution >= 4 is 22.5 Å². The first-order chi connectivity index (χ1) is 17.0. The standard InChI is InChI=1S/C27H29FN4O3/c1-35-25-6-5-17(28)11-22(25)21-7-8-29-27-23(21)12-24(30-27)16-9-18-3-2-4-19(10-16)32(18)15-26(34)31-13-20(33)14-31/h5-9,11-12,18-20,33H,2-4,10,13-15H2,1H3,(H,29,30). The van der Waals surface area contributed by atoms with Crippen molar-refractivity contribution in [3.05, 3.63) is 54.1 Å². The van der Waals surface area contributed by atoms with Crippen LogP contribution in [0.1, 0.15) is 31.4 Å². The number of pyridine rings is 1. The van der Waals surface area contributed by atoms with Gasteiger partial charge in [0.1, 0.15) is 17.2 Å². The number of fused-ring (bicyclic) bond motifs is 3. The van der Waals surface area contributed by atoms with Crippen molar-refractivity contribution in [2.75, 3.05) is 26.7 Å². The number of methoxy groups -OCH3 is 1. The Kier molecular flexibility index (Phi) is 5.57. The highest BCUT2D eigenvalue weighted by atomic mass is 19.1. The minimum absolute atomic E-state index is 0.104. The maximum Gasteiger partial charge on any atom is 0.236 e. The van der Waals surface area contributed by atoms with Crippen LogP contribution >= 0.6 is 0 Å². The molecule has 0 radical (unpaired) electrons. The van der Waals surface area contributed by atoms with E-state index in [1.165, 1.54) is 17.7 Å². The number of carbonyl (C=O) groups is 1. The van der Waals surface area contributed by atoms with Crippen molar-refractivity contribution in [1.29, 1.82) is 0 Å². The fourth-order valence-corrected chi connectivity index (χ4v) is 5.80. The fourth-order valence-electron chi connectivity index (χ4n) is 5.80. The van der Waals surface area contributed by atoms with Gasteiger partial charge in [-0.3, -0.25) is 9.69 Å². The first kappa shape index (κ1) is 22.2. The van der Waals surface area contributed by atoms with Crippen LogP contribution in [0, 0.1) is 5.82 Å². The number of rotatable bonds is 5. The first-order valence-corrected chi connectivity index (χ1v) is 12.2. The van der Waals surface area contributed by atoms with Gasteiger partial charge in [0.15, 0.2) is 0 Å². The van der Waals surface area contributed by atoms with Gasteiger partial charge in [0, 0.05) is 48.0 Å². The highest BCUT2D eigenvalue weighted by Gasteiger charge is 2.38. The number of nitrogens with zero attached hydrogens (tertiary/aromatic N) is 3. The van der Waals surface area contributed by atoms with Crippen LogP contribution in [0.2, 0.25) is 0 Å². The summed E-state index contributed by atoms with van der Waals surface area (Å²) in [4.78, 5) is 24.8. The average Bonchev–Trinajstić information content (AvgIpc) is 3.26. The number of H-pyrrole nitrogens is 1. The molecule has 1 amide bonds. The van der Waals surface area contributed by atoms with Crippen LogP contribution in [-0.4, -0.2) is 75.7 Å². The Morgan fingerprint density at radius 3 is 2.86 bits per heavy atom. The molecule has 0 spiro atoms. The lowest BCUT2D eigenvalue weighted by Gasteiger charge is -2.46. The van der Waals surface area contributed by atoms with Gasteiger partial charge >= 0.3 is 0 Å². The van der Waals surface area contributed by atoms with E-state index in [1.54, 1.807) is 24.3 Å². The third-order valence-electron chi connectivity index (χ3n) is 7.64. The number of aliphatic hydroxyl groups is 1. The van der Waals surface area contributed by atoms with Gasteiger partial charge in [-0.05, 0) is 60.7 Å². The van der Waals surface area contributed by atoms with Crippen LogP contribution in [0.3, 0.4) is 0 Å². The minimum atomic E-state index is -0.376. The number of nitrogens with one attached hydrogen (secondary N) is 1. The molecule has 8 heteroatoms. The van der Waals surface area contributed by atoms with Crippen LogP contribution in [0.5, 0.6) is 5.75 Å². The molecule has 182 valence electrons. The summed E-state index contributed by atoms with van der Waals surface area (Å²) in [5.41, 5.74) is 4.57. The van der Waals surface area contributed by atoms with Gasteiger partial charge < -0.3 is 19.7 Å². The summed E-state index contributed by atoms with van der Waals surface area (Å²) in [7, 11) is 1.59. The molecule has 0 saturated carbocycles. The summed E-state index contributed by atoms with van der Waals surface area (Å²) in [5, 5.41) is 10.5. The van der Waals surface area contributed by atoms with Crippen molar-refractivity contribution in [2.45, 2.75) is 43.9 Å². The minimum Gasteiger partial charge on any atom is -0.496 e. The topological polar surface area (TPSA) is 81.7 Å². The van der Waals surface area contributed by atoms with Crippen molar-refractivity contribution < 1.29 is 19.0 Å². The molecule has 2 bridgehead atoms. The molecular weight excluding hydrogens is 447 g/mol. The average molecular weight is 477 g/mol. The Morgan fingerprint density at radius 2 is 2.09 bits per heavy atom. The number of ether oxygens (including phenoxy) is 1. The molecule has 2 N–H and O–H groups in total. The molecule has 6 rings (SSSR count). The van der Waals surface area contributed by atoms with Crippen LogP contribution in [0.15, 0.2) is 42.6 Å². The van der Waals surface area contributed by atoms with Crippen LogP contribution in [-0.2, 0) is 4.79 Å². The number of aliphatic hydroxyl groups excluding tert-OH is 1. The van der Waals surface area contributed by atoms with Crippen LogP contribution in [0.25, 0.3) is 27.7 Å². The molecule has 3 aliphatic rings. The third kappa shape index (κ3) is 4.00. The van der Waals surface area contributed by atoms with Crippen molar-refractivity contribution in [2.24, 2.45) is 0 Å². The van der Waals surface area contributed by atoms with E-state index in [9.17, 15) is 14.3 Å². The predicted molar refractivity (Wildman–Crippen MR) is 131 cm³/mol. The molecule has 5 heterocycles. The number of halogens is 1. The van der Waals surface area contributed by atoms with Crippen molar-refractivity contribution in [3.8, 4) is 16.9 Å². The Balaban J connectivity index is 1.31. The summed E-state index contributed by atoms with van der Waals surface area (Å²) in [6.07, 6.45) is 7.75. The molecule has 2 saturated heterocycles. The number of hydrogen-bond acceptors (Lipinski definition) is 5. The van der Waals surface area contributed by atoms with Gasteiger partial charge in [-0.1, -0.05) is 12.5 Å². The smallest absolute Gasteiger partial charge is 0.236 e. The molecule has 35 heavy (non-hydrogen) atoms. The zero-order valence-electron chi connectivity index (χ0n) is 19.7. The van der Waals surface area contributed by atoms with E-state index in [0.29, 0.717) is 37.0 Å². The molecular formula is C27H29FN4O3. The lowest BCUT2D eigenvalue weighted by molar-refractivity contribution is -0.144.